The van der Waals surface area contributed by atoms with Gasteiger partial charge < -0.3 is 9.64 Å². The zero-order valence-corrected chi connectivity index (χ0v) is 14.9. The van der Waals surface area contributed by atoms with Gasteiger partial charge in [0.15, 0.2) is 0 Å². The molecule has 1 atom stereocenters. The average Bonchev–Trinajstić information content (AvgIpc) is 2.91. The van der Waals surface area contributed by atoms with Gasteiger partial charge in [-0.1, -0.05) is 0 Å². The highest BCUT2D eigenvalue weighted by atomic mass is 16.5. The molecule has 7 heteroatoms. The first-order valence-electron chi connectivity index (χ1n) is 8.37. The first kappa shape index (κ1) is 16.7. The van der Waals surface area contributed by atoms with E-state index in [1.807, 2.05) is 17.8 Å². The minimum absolute atomic E-state index is 0.440. The maximum Gasteiger partial charge on any atom is 0.218 e. The molecule has 1 saturated heterocycles. The van der Waals surface area contributed by atoms with Gasteiger partial charge in [0, 0.05) is 51.1 Å². The van der Waals surface area contributed by atoms with Crippen molar-refractivity contribution >= 4 is 5.82 Å². The fourth-order valence-corrected chi connectivity index (χ4v) is 3.36. The summed E-state index contributed by atoms with van der Waals surface area (Å²) in [6.07, 6.45) is 6.05. The Kier molecular flexibility index (Phi) is 4.99. The fourth-order valence-electron chi connectivity index (χ4n) is 3.36. The van der Waals surface area contributed by atoms with E-state index in [1.165, 1.54) is 18.4 Å². The van der Waals surface area contributed by atoms with E-state index in [2.05, 4.69) is 45.0 Å². The third-order valence-electron chi connectivity index (χ3n) is 4.74. The summed E-state index contributed by atoms with van der Waals surface area (Å²) in [7, 11) is 5.71. The molecule has 0 aromatic carbocycles. The number of methoxy groups -OCH3 is 1. The summed E-state index contributed by atoms with van der Waals surface area (Å²) in [6.45, 7) is 5.19. The summed E-state index contributed by atoms with van der Waals surface area (Å²) in [5.74, 6) is 1.51. The van der Waals surface area contributed by atoms with Crippen molar-refractivity contribution in [1.29, 1.82) is 0 Å². The van der Waals surface area contributed by atoms with Gasteiger partial charge in [0.25, 0.3) is 0 Å². The van der Waals surface area contributed by atoms with Crippen LogP contribution >= 0.6 is 0 Å². The lowest BCUT2D eigenvalue weighted by Gasteiger charge is -2.38. The van der Waals surface area contributed by atoms with Crippen LogP contribution < -0.4 is 9.64 Å². The fraction of sp³-hybridized carbons (Fsp3) is 0.588. The van der Waals surface area contributed by atoms with Crippen LogP contribution in [-0.4, -0.2) is 57.9 Å². The molecule has 0 aliphatic carbocycles. The number of likely N-dealkylation sites (N-methyl/N-ethyl adjacent to an activating group) is 1. The van der Waals surface area contributed by atoms with Crippen LogP contribution in [0.15, 0.2) is 18.6 Å². The topological polar surface area (TPSA) is 59.3 Å². The van der Waals surface area contributed by atoms with Crippen molar-refractivity contribution in [3.8, 4) is 5.88 Å². The molecule has 3 rings (SSSR count). The standard InChI is InChI=1S/C17H26N6O/c1-13-14(9-21(2)20-13)10-23-7-5-6-15(11-23)22(3)16-8-17(24-4)19-12-18-16/h8-9,12,15H,5-7,10-11H2,1-4H3. The molecular formula is C17H26N6O. The van der Waals surface area contributed by atoms with Gasteiger partial charge in [-0.3, -0.25) is 9.58 Å². The van der Waals surface area contributed by atoms with Crippen LogP contribution in [0.5, 0.6) is 5.88 Å². The number of aromatic nitrogens is 4. The summed E-state index contributed by atoms with van der Waals surface area (Å²) in [4.78, 5) is 13.2. The number of rotatable bonds is 5. The lowest BCUT2D eigenvalue weighted by Crippen LogP contribution is -2.46. The van der Waals surface area contributed by atoms with E-state index in [0.29, 0.717) is 11.9 Å². The number of anilines is 1. The van der Waals surface area contributed by atoms with Crippen molar-refractivity contribution in [2.75, 3.05) is 32.1 Å². The lowest BCUT2D eigenvalue weighted by molar-refractivity contribution is 0.198. The molecule has 1 fully saturated rings. The molecule has 0 spiro atoms. The summed E-state index contributed by atoms with van der Waals surface area (Å²) in [6, 6.07) is 2.33. The highest BCUT2D eigenvalue weighted by molar-refractivity contribution is 5.41. The summed E-state index contributed by atoms with van der Waals surface area (Å²) in [5.41, 5.74) is 2.43. The Morgan fingerprint density at radius 3 is 2.92 bits per heavy atom. The maximum absolute atomic E-state index is 5.21. The number of aryl methyl sites for hydroxylation is 2. The van der Waals surface area contributed by atoms with Crippen LogP contribution in [0.25, 0.3) is 0 Å². The SMILES string of the molecule is COc1cc(N(C)C2CCCN(Cc3cn(C)nc3C)C2)ncn1. The van der Waals surface area contributed by atoms with Gasteiger partial charge in [-0.05, 0) is 26.3 Å². The number of nitrogens with zero attached hydrogens (tertiary/aromatic N) is 6. The molecule has 1 aliphatic heterocycles. The summed E-state index contributed by atoms with van der Waals surface area (Å²) < 4.78 is 7.10. The largest absolute Gasteiger partial charge is 0.481 e. The molecule has 0 bridgehead atoms. The Morgan fingerprint density at radius 2 is 2.21 bits per heavy atom. The smallest absolute Gasteiger partial charge is 0.218 e. The van der Waals surface area contributed by atoms with Gasteiger partial charge in [0.05, 0.1) is 12.8 Å². The van der Waals surface area contributed by atoms with Gasteiger partial charge >= 0.3 is 0 Å². The second-order valence-electron chi connectivity index (χ2n) is 6.47. The van der Waals surface area contributed by atoms with E-state index < -0.39 is 0 Å². The molecule has 2 aromatic heterocycles. The van der Waals surface area contributed by atoms with E-state index in [4.69, 9.17) is 4.74 Å². The monoisotopic (exact) mass is 330 g/mol. The maximum atomic E-state index is 5.21. The molecule has 0 saturated carbocycles. The third kappa shape index (κ3) is 3.67. The molecule has 1 aliphatic rings. The van der Waals surface area contributed by atoms with Gasteiger partial charge in [-0.25, -0.2) is 9.97 Å². The van der Waals surface area contributed by atoms with E-state index in [-0.39, 0.29) is 0 Å². The molecule has 3 heterocycles. The third-order valence-corrected chi connectivity index (χ3v) is 4.74. The van der Waals surface area contributed by atoms with Crippen molar-refractivity contribution in [3.05, 3.63) is 29.8 Å². The minimum Gasteiger partial charge on any atom is -0.481 e. The van der Waals surface area contributed by atoms with Gasteiger partial charge in [0.2, 0.25) is 5.88 Å². The van der Waals surface area contributed by atoms with E-state index >= 15 is 0 Å². The molecule has 1 unspecified atom stereocenters. The molecule has 24 heavy (non-hydrogen) atoms. The van der Waals surface area contributed by atoms with Gasteiger partial charge in [-0.2, -0.15) is 5.10 Å². The minimum atomic E-state index is 0.440. The molecule has 7 nitrogen and oxygen atoms in total. The number of hydrogen-bond donors (Lipinski definition) is 0. The second-order valence-corrected chi connectivity index (χ2v) is 6.47. The van der Waals surface area contributed by atoms with Gasteiger partial charge in [0.1, 0.15) is 12.1 Å². The van der Waals surface area contributed by atoms with Crippen LogP contribution in [0.1, 0.15) is 24.1 Å². The molecular weight excluding hydrogens is 304 g/mol. The molecule has 2 aromatic rings. The van der Waals surface area contributed by atoms with E-state index in [1.54, 1.807) is 13.4 Å². The lowest BCUT2D eigenvalue weighted by atomic mass is 10.0. The molecule has 0 radical (unpaired) electrons. The zero-order chi connectivity index (χ0) is 17.1. The van der Waals surface area contributed by atoms with Crippen molar-refractivity contribution in [1.82, 2.24) is 24.6 Å². The Bertz CT molecular complexity index is 685. The molecule has 0 amide bonds. The van der Waals surface area contributed by atoms with Crippen molar-refractivity contribution in [2.45, 2.75) is 32.4 Å². The highest BCUT2D eigenvalue weighted by Gasteiger charge is 2.25. The number of ether oxygens (including phenoxy) is 1. The Labute approximate surface area is 143 Å². The average molecular weight is 330 g/mol. The molecule has 130 valence electrons. The van der Waals surface area contributed by atoms with Crippen molar-refractivity contribution < 1.29 is 4.74 Å². The van der Waals surface area contributed by atoms with Gasteiger partial charge in [-0.15, -0.1) is 0 Å². The van der Waals surface area contributed by atoms with Crippen LogP contribution in [0, 0.1) is 6.92 Å². The first-order valence-corrected chi connectivity index (χ1v) is 8.37. The highest BCUT2D eigenvalue weighted by Crippen LogP contribution is 2.23. The molecule has 0 N–H and O–H groups in total. The van der Waals surface area contributed by atoms with E-state index in [0.717, 1.165) is 31.1 Å². The Hall–Kier alpha value is -2.15. The number of likely N-dealkylation sites (tertiary alicyclic amines) is 1. The normalized spacial score (nSPS) is 18.6. The Morgan fingerprint density at radius 1 is 1.38 bits per heavy atom. The van der Waals surface area contributed by atoms with E-state index in [9.17, 15) is 0 Å². The summed E-state index contributed by atoms with van der Waals surface area (Å²) in [5, 5.41) is 4.45. The summed E-state index contributed by atoms with van der Waals surface area (Å²) >= 11 is 0. The van der Waals surface area contributed by atoms with Crippen LogP contribution in [0.3, 0.4) is 0 Å². The Balaban J connectivity index is 1.67. The van der Waals surface area contributed by atoms with Crippen LogP contribution in [0.2, 0.25) is 0 Å². The second kappa shape index (κ2) is 7.17. The predicted octanol–water partition coefficient (Wildman–Crippen LogP) is 1.63. The predicted molar refractivity (Wildman–Crippen MR) is 93.2 cm³/mol. The zero-order valence-electron chi connectivity index (χ0n) is 14.9. The number of hydrogen-bond acceptors (Lipinski definition) is 6. The van der Waals surface area contributed by atoms with Crippen molar-refractivity contribution in [2.24, 2.45) is 7.05 Å². The van der Waals surface area contributed by atoms with Crippen molar-refractivity contribution in [3.63, 3.8) is 0 Å². The van der Waals surface area contributed by atoms with Crippen LogP contribution in [0.4, 0.5) is 5.82 Å². The number of piperidine rings is 1. The first-order chi connectivity index (χ1) is 11.6. The quantitative estimate of drug-likeness (QED) is 0.830. The van der Waals surface area contributed by atoms with Crippen LogP contribution in [-0.2, 0) is 13.6 Å².